The van der Waals surface area contributed by atoms with Crippen LogP contribution >= 0.6 is 11.6 Å². The van der Waals surface area contributed by atoms with Gasteiger partial charge in [-0.3, -0.25) is 28.8 Å². The summed E-state index contributed by atoms with van der Waals surface area (Å²) in [6.45, 7) is 2.90. The number of rotatable bonds is 32. The maximum Gasteiger partial charge on any atom is 0.573 e. The van der Waals surface area contributed by atoms with Crippen molar-refractivity contribution >= 4 is 46.3 Å². The number of Topliss-reactive ketones (excluding diaryl/α,β-unsaturated/α-hetero) is 6. The molecule has 6 aliphatic rings. The van der Waals surface area contributed by atoms with Crippen LogP contribution < -0.4 is 9.47 Å². The second kappa shape index (κ2) is 43.4. The number of ether oxygens (including phenoxy) is 2. The molecular weight excluding hydrogens is 1750 g/mol. The normalized spacial score (nSPS) is 15.7. The molecule has 0 amide bonds. The first-order valence-corrected chi connectivity index (χ1v) is 44.3. The number of methoxy groups -OCH3 is 1. The van der Waals surface area contributed by atoms with Gasteiger partial charge in [0.15, 0.2) is 34.7 Å². The second-order valence-corrected chi connectivity index (χ2v) is 35.4. The summed E-state index contributed by atoms with van der Waals surface area (Å²) >= 11 is 5.85. The van der Waals surface area contributed by atoms with Crippen molar-refractivity contribution in [2.45, 2.75) is 182 Å². The smallest absolute Gasteiger partial charge is 0.497 e. The summed E-state index contributed by atoms with van der Waals surface area (Å²) < 4.78 is 73.9. The summed E-state index contributed by atoms with van der Waals surface area (Å²) in [6.07, 6.45) is 30.1. The largest absolute Gasteiger partial charge is 0.573 e. The van der Waals surface area contributed by atoms with Gasteiger partial charge in [-0.05, 0) is 185 Å². The number of aliphatic hydroxyl groups is 6. The predicted octanol–water partition coefficient (Wildman–Crippen LogP) is 14.7. The SMILES string of the molecule is COc1cc(C)cc(C2(Cc3ncc(C(=O)CO)cn3)CC2)c1.Cc1ccc(F)c(C2(Cc3ncc(C(=O)CO)cn3)CC2)c1.Cc1ccccc1C1(Cc2ncc(C(=O)CO)cn2)CC1.O=C(CO)c1cnc(CC2(c3ccc(F)c(Cl)c3)CC2)nc1.O=C(CO)c1cnc(CC2(c3cccc(OC(F)(F)F)c3)CC2)nc1.O=C(CO)c1cnc(CC2(c3ccccc3)CCC2)nc1. The lowest BCUT2D eigenvalue weighted by Gasteiger charge is -2.42. The molecule has 0 aliphatic heterocycles. The standard InChI is InChI=1S/C18H20N2O3.C17H15F3N2O3.C17H17FN2O2.2C17H18N2O2.C16H14ClFN2O2/c1-12-5-14(7-15(6-12)23-2)18(3-4-18)8-17-19-9-13(10-20-17)16(22)11-21;18-17(19,20)25-13-3-1-2-12(6-13)16(4-5-16)7-15-21-8-11(9-22-15)14(24)10-23;1-11-2-3-14(18)13(6-11)17(4-5-17)7-16-19-8-12(9-20-16)15(22)10-21;1-12-4-2-3-5-14(12)17(6-7-17)8-16-18-9-13(10-19-16)15(21)11-20;20-12-15(21)13-10-18-16(19-11-13)9-17(7-4-8-17)14-5-2-1-3-6-14;17-12-5-11(1-2-13(12)18)16(3-4-16)6-15-19-7-10(8-20-15)14(22)9-21/h5-7,9-10,21H,3-4,8,11H2,1-2H3;1-3,6,8-9,23H,4-5,7,10H2;2-3,6,8-9,21H,4-5,7,10H2,1H3;2-5,9-10,20H,6-8,11H2,1H3;1-3,5-6,10-11,20H,4,7-9,12H2;1-2,5,7-8,21H,3-4,6,9H2. The molecule has 0 spiro atoms. The highest BCUT2D eigenvalue weighted by molar-refractivity contribution is 6.30. The van der Waals surface area contributed by atoms with Gasteiger partial charge >= 0.3 is 6.36 Å². The summed E-state index contributed by atoms with van der Waals surface area (Å²) in [5, 5.41) is 53.1. The van der Waals surface area contributed by atoms with Crippen LogP contribution in [-0.4, -0.2) is 178 Å². The van der Waals surface area contributed by atoms with Gasteiger partial charge in [-0.25, -0.2) is 68.6 Å². The number of hydrogen-bond donors (Lipinski definition) is 6. The van der Waals surface area contributed by atoms with Gasteiger partial charge in [0.1, 0.15) is 97.7 Å². The average molecular weight is 1850 g/mol. The van der Waals surface area contributed by atoms with Gasteiger partial charge in [0.25, 0.3) is 0 Å². The number of aryl methyl sites for hydroxylation is 3. The van der Waals surface area contributed by atoms with Gasteiger partial charge in [0.2, 0.25) is 0 Å². The zero-order valence-electron chi connectivity index (χ0n) is 74.4. The molecule has 0 radical (unpaired) electrons. The summed E-state index contributed by atoms with van der Waals surface area (Å²) in [5.74, 6) is 1.62. The predicted molar refractivity (Wildman–Crippen MR) is 484 cm³/mol. The first-order chi connectivity index (χ1) is 64.3. The van der Waals surface area contributed by atoms with Gasteiger partial charge < -0.3 is 40.1 Å². The Bertz CT molecular complexity index is 6130. The third-order valence-electron chi connectivity index (χ3n) is 25.5. The number of carbonyl (C=O) groups excluding carboxylic acids is 6. The number of aliphatic hydroxyl groups excluding tert-OH is 6. The van der Waals surface area contributed by atoms with Crippen LogP contribution in [0, 0.1) is 32.4 Å². The molecular formula is C102H102ClF5N12O14. The van der Waals surface area contributed by atoms with E-state index in [4.69, 9.17) is 47.0 Å². The van der Waals surface area contributed by atoms with Crippen LogP contribution in [0.3, 0.4) is 0 Å². The van der Waals surface area contributed by atoms with Gasteiger partial charge in [-0.15, -0.1) is 13.2 Å². The topological polar surface area (TPSA) is 397 Å². The van der Waals surface area contributed by atoms with E-state index in [0.717, 1.165) is 142 Å². The van der Waals surface area contributed by atoms with Gasteiger partial charge in [-0.2, -0.15) is 0 Å². The number of halogens is 6. The van der Waals surface area contributed by atoms with Gasteiger partial charge in [0.05, 0.1) is 45.5 Å². The lowest BCUT2D eigenvalue weighted by atomic mass is 9.62. The quantitative estimate of drug-likeness (QED) is 0.0168. The van der Waals surface area contributed by atoms with Crippen LogP contribution in [0.15, 0.2) is 208 Å². The van der Waals surface area contributed by atoms with E-state index in [1.165, 1.54) is 139 Å². The minimum Gasteiger partial charge on any atom is -0.497 e. The minimum atomic E-state index is -4.73. The molecule has 6 N–H and O–H groups in total. The Morgan fingerprint density at radius 3 is 0.985 bits per heavy atom. The number of hydrogen-bond acceptors (Lipinski definition) is 26. The molecule has 26 nitrogen and oxygen atoms in total. The molecule has 696 valence electrons. The lowest BCUT2D eigenvalue weighted by molar-refractivity contribution is -0.274. The Hall–Kier alpha value is -12.9. The van der Waals surface area contributed by atoms with Crippen molar-refractivity contribution in [3.05, 3.63) is 343 Å². The average Bonchev–Trinajstić information content (AvgIpc) is 1.64. The molecule has 6 fully saturated rings. The van der Waals surface area contributed by atoms with E-state index in [-0.39, 0.29) is 77.6 Å². The first-order valence-electron chi connectivity index (χ1n) is 43.9. The third kappa shape index (κ3) is 25.3. The van der Waals surface area contributed by atoms with Gasteiger partial charge in [0, 0.05) is 145 Å². The molecule has 0 bridgehead atoms. The summed E-state index contributed by atoms with van der Waals surface area (Å²) in [7, 11) is 1.68. The van der Waals surface area contributed by atoms with Gasteiger partial charge in [-0.1, -0.05) is 115 Å². The van der Waals surface area contributed by atoms with E-state index in [1.807, 2.05) is 25.1 Å². The fourth-order valence-electron chi connectivity index (χ4n) is 16.6. The molecule has 6 aromatic heterocycles. The number of ketones is 6. The Morgan fingerprint density at radius 2 is 0.649 bits per heavy atom. The molecule has 18 rings (SSSR count). The van der Waals surface area contributed by atoms with Crippen LogP contribution in [0.1, 0.15) is 231 Å². The fourth-order valence-corrected chi connectivity index (χ4v) is 16.8. The van der Waals surface area contributed by atoms with Crippen LogP contribution in [0.2, 0.25) is 5.02 Å². The third-order valence-corrected chi connectivity index (χ3v) is 25.8. The Morgan fingerprint density at radius 1 is 0.328 bits per heavy atom. The van der Waals surface area contributed by atoms with E-state index in [0.29, 0.717) is 59.0 Å². The van der Waals surface area contributed by atoms with Crippen molar-refractivity contribution in [1.29, 1.82) is 0 Å². The molecule has 0 saturated heterocycles. The zero-order chi connectivity index (χ0) is 95.6. The lowest BCUT2D eigenvalue weighted by Crippen LogP contribution is -2.37. The highest BCUT2D eigenvalue weighted by Crippen LogP contribution is 2.56. The molecule has 32 heteroatoms. The maximum absolute atomic E-state index is 14.1. The monoisotopic (exact) mass is 1850 g/mol. The number of alkyl halides is 3. The molecule has 134 heavy (non-hydrogen) atoms. The number of carbonyl (C=O) groups is 6. The van der Waals surface area contributed by atoms with E-state index >= 15 is 0 Å². The van der Waals surface area contributed by atoms with E-state index in [9.17, 15) is 50.7 Å². The van der Waals surface area contributed by atoms with Crippen LogP contribution in [0.25, 0.3) is 0 Å². The van der Waals surface area contributed by atoms with Crippen LogP contribution in [-0.2, 0) is 71.0 Å². The second-order valence-electron chi connectivity index (χ2n) is 35.0. The molecule has 6 heterocycles. The van der Waals surface area contributed by atoms with Crippen LogP contribution in [0.4, 0.5) is 22.0 Å². The molecule has 0 atom stereocenters. The molecule has 0 unspecified atom stereocenters. The fraction of sp³-hybridized carbons (Fsp3) is 0.353. The van der Waals surface area contributed by atoms with Crippen molar-refractivity contribution in [3.8, 4) is 11.5 Å². The van der Waals surface area contributed by atoms with Crippen LogP contribution in [0.5, 0.6) is 11.5 Å². The molecule has 6 saturated carbocycles. The van der Waals surface area contributed by atoms with Crippen molar-refractivity contribution in [1.82, 2.24) is 59.8 Å². The molecule has 6 aliphatic carbocycles. The number of benzene rings is 6. The summed E-state index contributed by atoms with van der Waals surface area (Å²) in [4.78, 5) is 119. The Labute approximate surface area is 775 Å². The van der Waals surface area contributed by atoms with Crippen molar-refractivity contribution in [2.24, 2.45) is 0 Å². The van der Waals surface area contributed by atoms with E-state index in [1.54, 1.807) is 31.4 Å². The molecule has 6 aromatic carbocycles. The van der Waals surface area contributed by atoms with E-state index < -0.39 is 69.2 Å². The highest BCUT2D eigenvalue weighted by atomic mass is 35.5. The van der Waals surface area contributed by atoms with Crippen molar-refractivity contribution in [2.75, 3.05) is 46.8 Å². The minimum absolute atomic E-state index is 0.0712. The van der Waals surface area contributed by atoms with Crippen molar-refractivity contribution in [3.63, 3.8) is 0 Å². The van der Waals surface area contributed by atoms with E-state index in [2.05, 4.69) is 139 Å². The molecule has 12 aromatic rings. The zero-order valence-corrected chi connectivity index (χ0v) is 75.1. The van der Waals surface area contributed by atoms with Crippen molar-refractivity contribution < 1.29 is 90.8 Å². The Kier molecular flexibility index (Phi) is 32.0. The first kappa shape index (κ1) is 98.6. The maximum atomic E-state index is 14.1. The summed E-state index contributed by atoms with van der Waals surface area (Å²) in [6, 6.07) is 41.2. The highest BCUT2D eigenvalue weighted by Gasteiger charge is 2.50. The Balaban J connectivity index is 0.000000136. The number of aromatic nitrogens is 12. The summed E-state index contributed by atoms with van der Waals surface area (Å²) in [5.41, 5.74) is 11.6. The number of nitrogens with zero attached hydrogens (tertiary/aromatic N) is 12.